The van der Waals surface area contributed by atoms with E-state index in [0.717, 1.165) is 5.56 Å². The number of carboxylic acids is 1. The van der Waals surface area contributed by atoms with E-state index in [1.807, 2.05) is 0 Å². The summed E-state index contributed by atoms with van der Waals surface area (Å²) in [7, 11) is 1.45. The van der Waals surface area contributed by atoms with E-state index in [9.17, 15) is 14.0 Å². The Morgan fingerprint density at radius 2 is 2.11 bits per heavy atom. The van der Waals surface area contributed by atoms with Crippen LogP contribution < -0.4 is 5.32 Å². The highest BCUT2D eigenvalue weighted by Gasteiger charge is 2.12. The molecule has 0 aromatic heterocycles. The molecule has 0 atom stereocenters. The van der Waals surface area contributed by atoms with Gasteiger partial charge in [0.1, 0.15) is 5.82 Å². The highest BCUT2D eigenvalue weighted by Crippen LogP contribution is 2.15. The topological polar surface area (TPSA) is 69.6 Å². The predicted octanol–water partition coefficient (Wildman–Crippen LogP) is 2.07. The molecule has 0 fully saturated rings. The van der Waals surface area contributed by atoms with Gasteiger partial charge in [0.25, 0.3) is 0 Å². The van der Waals surface area contributed by atoms with E-state index in [1.165, 1.54) is 24.1 Å². The molecule has 1 rings (SSSR count). The van der Waals surface area contributed by atoms with Crippen molar-refractivity contribution in [3.8, 4) is 0 Å². The monoisotopic (exact) mass is 254 g/mol. The van der Waals surface area contributed by atoms with Gasteiger partial charge in [0, 0.05) is 13.6 Å². The van der Waals surface area contributed by atoms with Crippen molar-refractivity contribution in [3.63, 3.8) is 0 Å². The van der Waals surface area contributed by atoms with Crippen LogP contribution >= 0.6 is 0 Å². The van der Waals surface area contributed by atoms with Gasteiger partial charge in [-0.2, -0.15) is 0 Å². The minimum atomic E-state index is -0.990. The van der Waals surface area contributed by atoms with E-state index in [0.29, 0.717) is 0 Å². The van der Waals surface area contributed by atoms with Gasteiger partial charge < -0.3 is 15.3 Å². The highest BCUT2D eigenvalue weighted by molar-refractivity contribution is 5.89. The van der Waals surface area contributed by atoms with Crippen LogP contribution in [-0.2, 0) is 4.79 Å². The number of hydrogen-bond acceptors (Lipinski definition) is 2. The number of carboxylic acid groups (broad SMARTS) is 1. The molecule has 0 aliphatic rings. The number of halogens is 1. The van der Waals surface area contributed by atoms with Crippen LogP contribution in [-0.4, -0.2) is 35.6 Å². The molecule has 5 nitrogen and oxygen atoms in total. The molecule has 0 saturated carbocycles. The first-order chi connectivity index (χ1) is 8.40. The second kappa shape index (κ2) is 6.00. The molecule has 0 saturated heterocycles. The van der Waals surface area contributed by atoms with Gasteiger partial charge in [-0.3, -0.25) is 4.79 Å². The average molecular weight is 254 g/mol. The molecule has 2 amide bonds. The quantitative estimate of drug-likeness (QED) is 0.864. The van der Waals surface area contributed by atoms with Gasteiger partial charge in [-0.25, -0.2) is 9.18 Å². The Hall–Kier alpha value is -2.11. The summed E-state index contributed by atoms with van der Waals surface area (Å²) >= 11 is 0. The number of aliphatic carboxylic acids is 1. The lowest BCUT2D eigenvalue weighted by Crippen LogP contribution is -2.33. The SMILES string of the molecule is Cc1ccc(NC(=O)N(C)CCC(=O)O)c(F)c1. The summed E-state index contributed by atoms with van der Waals surface area (Å²) in [5, 5.41) is 10.9. The number of rotatable bonds is 4. The van der Waals surface area contributed by atoms with E-state index in [1.54, 1.807) is 13.0 Å². The molecule has 6 heteroatoms. The molecule has 1 aromatic rings. The normalized spacial score (nSPS) is 9.94. The first-order valence-electron chi connectivity index (χ1n) is 5.40. The minimum absolute atomic E-state index is 0.0641. The number of benzene rings is 1. The molecule has 0 aliphatic carbocycles. The summed E-state index contributed by atoms with van der Waals surface area (Å²) in [5.41, 5.74) is 0.831. The van der Waals surface area contributed by atoms with E-state index in [2.05, 4.69) is 5.32 Å². The maximum absolute atomic E-state index is 13.5. The van der Waals surface area contributed by atoms with E-state index in [4.69, 9.17) is 5.11 Å². The van der Waals surface area contributed by atoms with Gasteiger partial charge in [0.2, 0.25) is 0 Å². The third-order valence-corrected chi connectivity index (χ3v) is 2.37. The van der Waals surface area contributed by atoms with Crippen molar-refractivity contribution in [2.24, 2.45) is 0 Å². The summed E-state index contributed by atoms with van der Waals surface area (Å²) in [6.45, 7) is 1.81. The fourth-order valence-electron chi connectivity index (χ4n) is 1.30. The van der Waals surface area contributed by atoms with Gasteiger partial charge in [-0.1, -0.05) is 6.07 Å². The lowest BCUT2D eigenvalue weighted by Gasteiger charge is -2.17. The Bertz CT molecular complexity index is 463. The maximum atomic E-state index is 13.5. The molecule has 2 N–H and O–H groups in total. The molecule has 98 valence electrons. The number of carbonyl (C=O) groups is 2. The van der Waals surface area contributed by atoms with Crippen molar-refractivity contribution in [3.05, 3.63) is 29.6 Å². The first kappa shape index (κ1) is 14.0. The molecule has 0 radical (unpaired) electrons. The zero-order valence-corrected chi connectivity index (χ0v) is 10.2. The number of urea groups is 1. The minimum Gasteiger partial charge on any atom is -0.481 e. The number of nitrogens with zero attached hydrogens (tertiary/aromatic N) is 1. The van der Waals surface area contributed by atoms with Gasteiger partial charge in [-0.05, 0) is 24.6 Å². The number of carbonyl (C=O) groups excluding carboxylic acids is 1. The van der Waals surface area contributed by atoms with Crippen LogP contribution in [0.5, 0.6) is 0 Å². The molecular formula is C12H15FN2O3. The van der Waals surface area contributed by atoms with Crippen molar-refractivity contribution in [2.75, 3.05) is 18.9 Å². The molecule has 0 bridgehead atoms. The fraction of sp³-hybridized carbons (Fsp3) is 0.333. The van der Waals surface area contributed by atoms with Crippen molar-refractivity contribution in [1.82, 2.24) is 4.90 Å². The van der Waals surface area contributed by atoms with Gasteiger partial charge in [0.05, 0.1) is 12.1 Å². The van der Waals surface area contributed by atoms with E-state index >= 15 is 0 Å². The zero-order valence-electron chi connectivity index (χ0n) is 10.2. The number of hydrogen-bond donors (Lipinski definition) is 2. The van der Waals surface area contributed by atoms with Crippen LogP contribution in [0.2, 0.25) is 0 Å². The molecule has 0 unspecified atom stereocenters. The Labute approximate surface area is 104 Å². The number of nitrogens with one attached hydrogen (secondary N) is 1. The second-order valence-electron chi connectivity index (χ2n) is 3.98. The average Bonchev–Trinajstić information content (AvgIpc) is 2.29. The van der Waals surface area contributed by atoms with Crippen LogP contribution in [0.3, 0.4) is 0 Å². The number of anilines is 1. The fourth-order valence-corrected chi connectivity index (χ4v) is 1.30. The highest BCUT2D eigenvalue weighted by atomic mass is 19.1. The Balaban J connectivity index is 2.61. The molecule has 18 heavy (non-hydrogen) atoms. The third kappa shape index (κ3) is 4.04. The summed E-state index contributed by atoms with van der Waals surface area (Å²) < 4.78 is 13.5. The van der Waals surface area contributed by atoms with Crippen molar-refractivity contribution < 1.29 is 19.1 Å². The number of aryl methyl sites for hydroxylation is 1. The molecule has 0 heterocycles. The molecule has 1 aromatic carbocycles. The Morgan fingerprint density at radius 3 is 2.67 bits per heavy atom. The van der Waals surface area contributed by atoms with Gasteiger partial charge in [0.15, 0.2) is 0 Å². The van der Waals surface area contributed by atoms with Crippen LogP contribution in [0.1, 0.15) is 12.0 Å². The maximum Gasteiger partial charge on any atom is 0.321 e. The zero-order chi connectivity index (χ0) is 13.7. The first-order valence-corrected chi connectivity index (χ1v) is 5.40. The van der Waals surface area contributed by atoms with Crippen LogP contribution in [0, 0.1) is 12.7 Å². The summed E-state index contributed by atoms with van der Waals surface area (Å²) in [4.78, 5) is 23.2. The lowest BCUT2D eigenvalue weighted by atomic mass is 10.2. The summed E-state index contributed by atoms with van der Waals surface area (Å²) in [5.74, 6) is -1.51. The predicted molar refractivity (Wildman–Crippen MR) is 65.0 cm³/mol. The Morgan fingerprint density at radius 1 is 1.44 bits per heavy atom. The second-order valence-corrected chi connectivity index (χ2v) is 3.98. The van der Waals surface area contributed by atoms with Crippen molar-refractivity contribution in [2.45, 2.75) is 13.3 Å². The number of amides is 2. The smallest absolute Gasteiger partial charge is 0.321 e. The van der Waals surface area contributed by atoms with Gasteiger partial charge in [-0.15, -0.1) is 0 Å². The summed E-state index contributed by atoms with van der Waals surface area (Å²) in [6.07, 6.45) is -0.152. The third-order valence-electron chi connectivity index (χ3n) is 2.37. The lowest BCUT2D eigenvalue weighted by molar-refractivity contribution is -0.137. The van der Waals surface area contributed by atoms with Crippen molar-refractivity contribution >= 4 is 17.7 Å². The molecule has 0 aliphatic heterocycles. The van der Waals surface area contributed by atoms with E-state index < -0.39 is 17.8 Å². The largest absolute Gasteiger partial charge is 0.481 e. The van der Waals surface area contributed by atoms with Crippen LogP contribution in [0.25, 0.3) is 0 Å². The molecule has 0 spiro atoms. The Kier molecular flexibility index (Phi) is 4.65. The van der Waals surface area contributed by atoms with Crippen LogP contribution in [0.4, 0.5) is 14.9 Å². The van der Waals surface area contributed by atoms with Gasteiger partial charge >= 0.3 is 12.0 Å². The van der Waals surface area contributed by atoms with Crippen LogP contribution in [0.15, 0.2) is 18.2 Å². The van der Waals surface area contributed by atoms with Crippen molar-refractivity contribution in [1.29, 1.82) is 0 Å². The standard InChI is InChI=1S/C12H15FN2O3/c1-8-3-4-10(9(13)7-8)14-12(18)15(2)6-5-11(16)17/h3-4,7H,5-6H2,1-2H3,(H,14,18)(H,16,17). The molecular weight excluding hydrogens is 239 g/mol. The summed E-state index contributed by atoms with van der Waals surface area (Å²) in [6, 6.07) is 3.91. The van der Waals surface area contributed by atoms with E-state index in [-0.39, 0.29) is 18.7 Å².